The molecular formula is C18H20ClN5O. The van der Waals surface area contributed by atoms with Crippen molar-refractivity contribution in [2.75, 3.05) is 12.4 Å². The summed E-state index contributed by atoms with van der Waals surface area (Å²) < 4.78 is 7.62. The van der Waals surface area contributed by atoms with Crippen LogP contribution in [0.5, 0.6) is 5.75 Å². The van der Waals surface area contributed by atoms with Gasteiger partial charge in [0.25, 0.3) is 0 Å². The molecule has 1 fully saturated rings. The number of nitrogens with zero attached hydrogens (tertiary/aromatic N) is 4. The Morgan fingerprint density at radius 3 is 2.84 bits per heavy atom. The van der Waals surface area contributed by atoms with Crippen LogP contribution < -0.4 is 10.1 Å². The van der Waals surface area contributed by atoms with Gasteiger partial charge in [0, 0.05) is 18.2 Å². The van der Waals surface area contributed by atoms with Crippen LogP contribution in [0.1, 0.15) is 37.3 Å². The average molecular weight is 358 g/mol. The maximum Gasteiger partial charge on any atom is 0.224 e. The molecule has 0 unspecified atom stereocenters. The number of para-hydroxylation sites is 1. The topological polar surface area (TPSA) is 64.9 Å². The van der Waals surface area contributed by atoms with Crippen LogP contribution >= 0.6 is 11.6 Å². The Hall–Kier alpha value is -2.34. The summed E-state index contributed by atoms with van der Waals surface area (Å²) in [5.41, 5.74) is 2.65. The fourth-order valence-corrected chi connectivity index (χ4v) is 3.66. The fraction of sp³-hybridized carbons (Fsp3) is 0.389. The second-order valence-electron chi connectivity index (χ2n) is 6.26. The van der Waals surface area contributed by atoms with E-state index in [1.165, 1.54) is 12.8 Å². The third-order valence-electron chi connectivity index (χ3n) is 4.72. The highest BCUT2D eigenvalue weighted by Gasteiger charge is 2.24. The van der Waals surface area contributed by atoms with Crippen molar-refractivity contribution in [3.63, 3.8) is 0 Å². The van der Waals surface area contributed by atoms with E-state index in [0.717, 1.165) is 41.3 Å². The Balaban J connectivity index is 1.69. The highest BCUT2D eigenvalue weighted by atomic mass is 35.5. The average Bonchev–Trinajstić information content (AvgIpc) is 3.27. The van der Waals surface area contributed by atoms with Gasteiger partial charge < -0.3 is 10.1 Å². The number of fused-ring (bicyclic) bond motifs is 1. The van der Waals surface area contributed by atoms with Gasteiger partial charge >= 0.3 is 0 Å². The predicted octanol–water partition coefficient (Wildman–Crippen LogP) is 4.22. The lowest BCUT2D eigenvalue weighted by Gasteiger charge is -2.17. The van der Waals surface area contributed by atoms with Crippen LogP contribution in [0.3, 0.4) is 0 Å². The molecule has 0 spiro atoms. The number of hydrogen-bond donors (Lipinski definition) is 1. The molecule has 0 bridgehead atoms. The summed E-state index contributed by atoms with van der Waals surface area (Å²) in [6.07, 6.45) is 6.42. The third-order valence-corrected chi connectivity index (χ3v) is 4.90. The van der Waals surface area contributed by atoms with Gasteiger partial charge in [-0.2, -0.15) is 4.98 Å². The van der Waals surface area contributed by atoms with E-state index in [1.54, 1.807) is 13.3 Å². The maximum atomic E-state index is 6.02. The van der Waals surface area contributed by atoms with Gasteiger partial charge in [0.05, 0.1) is 13.3 Å². The summed E-state index contributed by atoms with van der Waals surface area (Å²) in [4.78, 5) is 13.2. The van der Waals surface area contributed by atoms with Crippen molar-refractivity contribution < 1.29 is 4.74 Å². The van der Waals surface area contributed by atoms with Crippen molar-refractivity contribution in [3.8, 4) is 5.75 Å². The number of benzene rings is 1. The van der Waals surface area contributed by atoms with E-state index in [1.807, 2.05) is 24.3 Å². The number of halogens is 1. The normalized spacial score (nSPS) is 15.0. The minimum absolute atomic E-state index is 0.253. The van der Waals surface area contributed by atoms with E-state index in [4.69, 9.17) is 21.3 Å². The van der Waals surface area contributed by atoms with Gasteiger partial charge in [-0.05, 0) is 30.5 Å². The lowest BCUT2D eigenvalue weighted by atomic mass is 10.2. The lowest BCUT2D eigenvalue weighted by Crippen LogP contribution is -2.12. The first-order chi connectivity index (χ1) is 12.3. The number of ether oxygens (including phenoxy) is 1. The summed E-state index contributed by atoms with van der Waals surface area (Å²) >= 11 is 6.02. The smallest absolute Gasteiger partial charge is 0.224 e. The second-order valence-corrected chi connectivity index (χ2v) is 6.60. The van der Waals surface area contributed by atoms with Gasteiger partial charge in [0.15, 0.2) is 5.65 Å². The molecule has 4 rings (SSSR count). The zero-order valence-electron chi connectivity index (χ0n) is 14.1. The SMILES string of the molecule is COc1ccccc1CNc1nc2cnc(Cl)nc2n1C1CCCC1. The molecule has 0 saturated heterocycles. The molecule has 1 aliphatic carbocycles. The van der Waals surface area contributed by atoms with Crippen LogP contribution in [-0.2, 0) is 6.54 Å². The molecule has 0 amide bonds. The minimum atomic E-state index is 0.253. The molecule has 3 aromatic rings. The number of hydrogen-bond acceptors (Lipinski definition) is 5. The molecular weight excluding hydrogens is 338 g/mol. The van der Waals surface area contributed by atoms with Gasteiger partial charge in [-0.25, -0.2) is 9.97 Å². The molecule has 25 heavy (non-hydrogen) atoms. The van der Waals surface area contributed by atoms with Crippen LogP contribution in [0.25, 0.3) is 11.2 Å². The van der Waals surface area contributed by atoms with Crippen LogP contribution in [-0.4, -0.2) is 26.6 Å². The highest BCUT2D eigenvalue weighted by Crippen LogP contribution is 2.35. The Labute approximate surface area is 151 Å². The summed E-state index contributed by atoms with van der Waals surface area (Å²) in [5, 5.41) is 3.70. The van der Waals surface area contributed by atoms with E-state index < -0.39 is 0 Å². The van der Waals surface area contributed by atoms with Gasteiger partial charge in [0.1, 0.15) is 11.3 Å². The van der Waals surface area contributed by atoms with Gasteiger partial charge in [-0.3, -0.25) is 4.57 Å². The van der Waals surface area contributed by atoms with Gasteiger partial charge in [-0.1, -0.05) is 31.0 Å². The molecule has 2 heterocycles. The van der Waals surface area contributed by atoms with E-state index in [9.17, 15) is 0 Å². The number of methoxy groups -OCH3 is 1. The standard InChI is InChI=1S/C18H20ClN5O/c1-25-15-9-5-2-6-12(15)10-21-18-22-14-11-20-17(19)23-16(14)24(18)13-7-3-4-8-13/h2,5-6,9,11,13H,3-4,7-8,10H2,1H3,(H,21,22). The number of rotatable bonds is 5. The number of imidazole rings is 1. The molecule has 2 aromatic heterocycles. The highest BCUT2D eigenvalue weighted by molar-refractivity contribution is 6.28. The molecule has 7 heteroatoms. The monoisotopic (exact) mass is 357 g/mol. The molecule has 1 saturated carbocycles. The van der Waals surface area contributed by atoms with Crippen LogP contribution in [0.15, 0.2) is 30.5 Å². The van der Waals surface area contributed by atoms with E-state index >= 15 is 0 Å². The predicted molar refractivity (Wildman–Crippen MR) is 98.2 cm³/mol. The van der Waals surface area contributed by atoms with E-state index in [-0.39, 0.29) is 5.28 Å². The Morgan fingerprint density at radius 2 is 2.04 bits per heavy atom. The quantitative estimate of drug-likeness (QED) is 0.693. The molecule has 1 N–H and O–H groups in total. The third kappa shape index (κ3) is 3.14. The summed E-state index contributed by atoms with van der Waals surface area (Å²) in [6.45, 7) is 0.626. The summed E-state index contributed by atoms with van der Waals surface area (Å²) in [6, 6.07) is 8.38. The van der Waals surface area contributed by atoms with E-state index in [0.29, 0.717) is 12.6 Å². The van der Waals surface area contributed by atoms with Crippen molar-refractivity contribution >= 4 is 28.7 Å². The zero-order valence-corrected chi connectivity index (χ0v) is 14.8. The zero-order chi connectivity index (χ0) is 17.2. The molecule has 6 nitrogen and oxygen atoms in total. The van der Waals surface area contributed by atoms with Crippen LogP contribution in [0.4, 0.5) is 5.95 Å². The van der Waals surface area contributed by atoms with E-state index in [2.05, 4.69) is 19.9 Å². The Kier molecular flexibility index (Phi) is 4.44. The number of aromatic nitrogens is 4. The van der Waals surface area contributed by atoms with Crippen molar-refractivity contribution in [2.24, 2.45) is 0 Å². The molecule has 0 radical (unpaired) electrons. The maximum absolute atomic E-state index is 6.02. The van der Waals surface area contributed by atoms with Crippen LogP contribution in [0, 0.1) is 0 Å². The second kappa shape index (κ2) is 6.88. The first-order valence-corrected chi connectivity index (χ1v) is 8.90. The fourth-order valence-electron chi connectivity index (χ4n) is 3.53. The molecule has 0 aliphatic heterocycles. The van der Waals surface area contributed by atoms with Crippen molar-refractivity contribution in [1.82, 2.24) is 19.5 Å². The van der Waals surface area contributed by atoms with Crippen molar-refractivity contribution in [1.29, 1.82) is 0 Å². The molecule has 1 aliphatic rings. The molecule has 1 aromatic carbocycles. The Bertz CT molecular complexity index is 888. The Morgan fingerprint density at radius 1 is 1.24 bits per heavy atom. The number of anilines is 1. The summed E-state index contributed by atoms with van der Waals surface area (Å²) in [5.74, 6) is 1.67. The first-order valence-electron chi connectivity index (χ1n) is 8.52. The van der Waals surface area contributed by atoms with Crippen molar-refractivity contribution in [2.45, 2.75) is 38.3 Å². The van der Waals surface area contributed by atoms with Crippen LogP contribution in [0.2, 0.25) is 5.28 Å². The van der Waals surface area contributed by atoms with Gasteiger partial charge in [0.2, 0.25) is 11.2 Å². The minimum Gasteiger partial charge on any atom is -0.496 e. The van der Waals surface area contributed by atoms with Crippen molar-refractivity contribution in [3.05, 3.63) is 41.3 Å². The number of nitrogens with one attached hydrogen (secondary N) is 1. The molecule has 130 valence electrons. The lowest BCUT2D eigenvalue weighted by molar-refractivity contribution is 0.410. The largest absolute Gasteiger partial charge is 0.496 e. The molecule has 0 atom stereocenters. The summed E-state index contributed by atoms with van der Waals surface area (Å²) in [7, 11) is 1.68. The first kappa shape index (κ1) is 16.1. The van der Waals surface area contributed by atoms with Gasteiger partial charge in [-0.15, -0.1) is 0 Å².